The van der Waals surface area contributed by atoms with Gasteiger partial charge in [-0.3, -0.25) is 4.79 Å². The molecule has 3 nitrogen and oxygen atoms in total. The minimum absolute atomic E-state index is 0.155. The molecule has 1 aliphatic carbocycles. The third kappa shape index (κ3) is 5.44. The highest BCUT2D eigenvalue weighted by atomic mass is 79.9. The van der Waals surface area contributed by atoms with E-state index in [0.29, 0.717) is 18.4 Å². The van der Waals surface area contributed by atoms with Gasteiger partial charge in [-0.15, -0.1) is 0 Å². The Bertz CT molecular complexity index is 432. The number of alkyl halides is 1. The molecule has 116 valence electrons. The molecule has 2 rings (SSSR count). The molecule has 1 unspecified atom stereocenters. The Hall–Kier alpha value is -0.870. The summed E-state index contributed by atoms with van der Waals surface area (Å²) in [7, 11) is 0. The van der Waals surface area contributed by atoms with E-state index in [1.807, 2.05) is 25.1 Å². The zero-order valence-electron chi connectivity index (χ0n) is 12.6. The maximum Gasteiger partial charge on any atom is 0.220 e. The third-order valence-electron chi connectivity index (χ3n) is 3.95. The largest absolute Gasteiger partial charge is 0.378 e. The Morgan fingerprint density at radius 1 is 1.38 bits per heavy atom. The molecular formula is C17H24BrNO2. The number of carbonyl (C=O) groups excluding carboxylic acids is 1. The van der Waals surface area contributed by atoms with Crippen LogP contribution >= 0.6 is 15.9 Å². The van der Waals surface area contributed by atoms with Crippen molar-refractivity contribution in [2.75, 3.05) is 11.9 Å². The van der Waals surface area contributed by atoms with Crippen LogP contribution in [0.5, 0.6) is 0 Å². The van der Waals surface area contributed by atoms with Crippen molar-refractivity contribution >= 4 is 21.8 Å². The maximum atomic E-state index is 12.1. The molecule has 0 radical (unpaired) electrons. The van der Waals surface area contributed by atoms with Gasteiger partial charge in [-0.1, -0.05) is 46.3 Å². The van der Waals surface area contributed by atoms with Crippen LogP contribution in [0.3, 0.4) is 0 Å². The van der Waals surface area contributed by atoms with Crippen LogP contribution in [0.1, 0.15) is 31.7 Å². The Morgan fingerprint density at radius 3 is 2.71 bits per heavy atom. The molecule has 4 heteroatoms. The van der Waals surface area contributed by atoms with Gasteiger partial charge in [0.2, 0.25) is 5.91 Å². The lowest BCUT2D eigenvalue weighted by Crippen LogP contribution is -2.41. The minimum atomic E-state index is 0.155. The van der Waals surface area contributed by atoms with Gasteiger partial charge in [0.15, 0.2) is 0 Å². The molecule has 0 spiro atoms. The first kappa shape index (κ1) is 16.5. The van der Waals surface area contributed by atoms with Crippen LogP contribution in [-0.2, 0) is 16.0 Å². The molecule has 0 heterocycles. The van der Waals surface area contributed by atoms with Gasteiger partial charge in [-0.25, -0.2) is 0 Å². The van der Waals surface area contributed by atoms with E-state index in [-0.39, 0.29) is 11.9 Å². The zero-order chi connectivity index (χ0) is 15.1. The highest BCUT2D eigenvalue weighted by molar-refractivity contribution is 9.09. The second kappa shape index (κ2) is 8.54. The summed E-state index contributed by atoms with van der Waals surface area (Å²) in [6, 6.07) is 10.4. The number of benzene rings is 1. The number of halogens is 1. The summed E-state index contributed by atoms with van der Waals surface area (Å²) in [4.78, 5) is 12.1. The van der Waals surface area contributed by atoms with E-state index in [9.17, 15) is 4.79 Å². The van der Waals surface area contributed by atoms with Crippen molar-refractivity contribution in [1.82, 2.24) is 5.32 Å². The highest BCUT2D eigenvalue weighted by Crippen LogP contribution is 2.32. The lowest BCUT2D eigenvalue weighted by Gasteiger charge is -2.34. The van der Waals surface area contributed by atoms with Gasteiger partial charge in [-0.05, 0) is 37.7 Å². The monoisotopic (exact) mass is 353 g/mol. The van der Waals surface area contributed by atoms with Gasteiger partial charge < -0.3 is 10.1 Å². The van der Waals surface area contributed by atoms with Gasteiger partial charge in [-0.2, -0.15) is 0 Å². The highest BCUT2D eigenvalue weighted by Gasteiger charge is 2.31. The van der Waals surface area contributed by atoms with Crippen LogP contribution in [0.4, 0.5) is 0 Å². The second-order valence-electron chi connectivity index (χ2n) is 5.73. The summed E-state index contributed by atoms with van der Waals surface area (Å²) in [6.07, 6.45) is 3.92. The molecule has 1 aromatic carbocycles. The topological polar surface area (TPSA) is 38.3 Å². The maximum absolute atomic E-state index is 12.1. The first-order valence-corrected chi connectivity index (χ1v) is 8.84. The van der Waals surface area contributed by atoms with Crippen molar-refractivity contribution in [2.45, 2.75) is 44.8 Å². The molecule has 1 fully saturated rings. The third-order valence-corrected chi connectivity index (χ3v) is 4.73. The Kier molecular flexibility index (Phi) is 6.71. The first-order valence-electron chi connectivity index (χ1n) is 7.72. The Balaban J connectivity index is 1.71. The Labute approximate surface area is 135 Å². The molecule has 1 saturated carbocycles. The fraction of sp³-hybridized carbons (Fsp3) is 0.588. The normalized spacial score (nSPS) is 22.4. The van der Waals surface area contributed by atoms with Crippen LogP contribution in [0, 0.1) is 5.92 Å². The molecule has 1 aromatic rings. The summed E-state index contributed by atoms with van der Waals surface area (Å²) in [5, 5.41) is 3.91. The summed E-state index contributed by atoms with van der Waals surface area (Å²) in [5.41, 5.74) is 1.25. The molecule has 1 N–H and O–H groups in total. The van der Waals surface area contributed by atoms with Crippen LogP contribution in [-0.4, -0.2) is 30.0 Å². The molecular weight excluding hydrogens is 330 g/mol. The van der Waals surface area contributed by atoms with E-state index < -0.39 is 0 Å². The van der Waals surface area contributed by atoms with Crippen molar-refractivity contribution in [2.24, 2.45) is 5.92 Å². The van der Waals surface area contributed by atoms with E-state index >= 15 is 0 Å². The van der Waals surface area contributed by atoms with E-state index in [4.69, 9.17) is 4.74 Å². The number of hydrogen-bond donors (Lipinski definition) is 1. The number of carbonyl (C=O) groups is 1. The molecule has 0 saturated heterocycles. The first-order chi connectivity index (χ1) is 10.2. The van der Waals surface area contributed by atoms with E-state index in [1.54, 1.807) is 0 Å². The predicted molar refractivity (Wildman–Crippen MR) is 88.6 cm³/mol. The number of hydrogen-bond acceptors (Lipinski definition) is 2. The minimum Gasteiger partial charge on any atom is -0.378 e. The standard InChI is InChI=1S/C17H24BrNO2/c1-2-21-16-9-14(10-16)11-17(20)19-15(12-18)8-13-6-4-3-5-7-13/h3-7,14-16H,2,8-12H2,1H3,(H,19,20). The molecule has 1 aliphatic rings. The quantitative estimate of drug-likeness (QED) is 0.728. The average molecular weight is 354 g/mol. The Morgan fingerprint density at radius 2 is 2.10 bits per heavy atom. The summed E-state index contributed by atoms with van der Waals surface area (Å²) < 4.78 is 5.53. The second-order valence-corrected chi connectivity index (χ2v) is 6.37. The summed E-state index contributed by atoms with van der Waals surface area (Å²) in [5.74, 6) is 0.657. The SMILES string of the molecule is CCOC1CC(CC(=O)NC(CBr)Cc2ccccc2)C1. The van der Waals surface area contributed by atoms with Gasteiger partial charge in [0.1, 0.15) is 0 Å². The van der Waals surface area contributed by atoms with E-state index in [1.165, 1.54) is 5.56 Å². The van der Waals surface area contributed by atoms with Crippen LogP contribution in [0.15, 0.2) is 30.3 Å². The fourth-order valence-corrected chi connectivity index (χ4v) is 3.20. The van der Waals surface area contributed by atoms with Gasteiger partial charge >= 0.3 is 0 Å². The van der Waals surface area contributed by atoms with E-state index in [2.05, 4.69) is 33.4 Å². The van der Waals surface area contributed by atoms with Crippen molar-refractivity contribution in [3.05, 3.63) is 35.9 Å². The lowest BCUT2D eigenvalue weighted by molar-refractivity contribution is -0.124. The van der Waals surface area contributed by atoms with Crippen molar-refractivity contribution in [3.8, 4) is 0 Å². The number of nitrogens with one attached hydrogen (secondary N) is 1. The van der Waals surface area contributed by atoms with Crippen molar-refractivity contribution < 1.29 is 9.53 Å². The summed E-state index contributed by atoms with van der Waals surface area (Å²) in [6.45, 7) is 2.79. The van der Waals surface area contributed by atoms with Gasteiger partial charge in [0.05, 0.1) is 6.10 Å². The lowest BCUT2D eigenvalue weighted by atomic mass is 9.80. The molecule has 1 atom stereocenters. The van der Waals surface area contributed by atoms with Crippen molar-refractivity contribution in [3.63, 3.8) is 0 Å². The molecule has 0 aliphatic heterocycles. The summed E-state index contributed by atoms with van der Waals surface area (Å²) >= 11 is 3.49. The van der Waals surface area contributed by atoms with Crippen molar-refractivity contribution in [1.29, 1.82) is 0 Å². The van der Waals surface area contributed by atoms with Crippen LogP contribution in [0.2, 0.25) is 0 Å². The number of rotatable bonds is 8. The average Bonchev–Trinajstić information content (AvgIpc) is 2.45. The molecule has 1 amide bonds. The number of ether oxygens (including phenoxy) is 1. The fourth-order valence-electron chi connectivity index (χ4n) is 2.80. The van der Waals surface area contributed by atoms with E-state index in [0.717, 1.165) is 31.2 Å². The van der Waals surface area contributed by atoms with Gasteiger partial charge in [0, 0.05) is 24.4 Å². The number of amides is 1. The molecule has 21 heavy (non-hydrogen) atoms. The van der Waals surface area contributed by atoms with Gasteiger partial charge in [0.25, 0.3) is 0 Å². The predicted octanol–water partition coefficient (Wildman–Crippen LogP) is 3.31. The molecule has 0 aromatic heterocycles. The van der Waals surface area contributed by atoms with Crippen LogP contribution < -0.4 is 5.32 Å². The smallest absolute Gasteiger partial charge is 0.220 e. The van der Waals surface area contributed by atoms with Crippen LogP contribution in [0.25, 0.3) is 0 Å². The molecule has 0 bridgehead atoms. The zero-order valence-corrected chi connectivity index (χ0v) is 14.1.